The second-order valence-electron chi connectivity index (χ2n) is 9.17. The lowest BCUT2D eigenvalue weighted by Gasteiger charge is -2.27. The van der Waals surface area contributed by atoms with Crippen molar-refractivity contribution in [1.82, 2.24) is 4.90 Å². The van der Waals surface area contributed by atoms with Crippen molar-refractivity contribution < 1.29 is 19.7 Å². The summed E-state index contributed by atoms with van der Waals surface area (Å²) in [5, 5.41) is 28.7. The Hall–Kier alpha value is -2.58. The van der Waals surface area contributed by atoms with Crippen LogP contribution in [0.3, 0.4) is 0 Å². The number of amidine groups is 1. The number of rotatable bonds is 8. The normalized spacial score (nSPS) is 12.9. The van der Waals surface area contributed by atoms with Crippen LogP contribution in [0.4, 0.5) is 5.69 Å². The summed E-state index contributed by atoms with van der Waals surface area (Å²) in [5.41, 5.74) is 3.07. The molecule has 0 amide bonds. The van der Waals surface area contributed by atoms with Gasteiger partial charge in [-0.2, -0.15) is 0 Å². The summed E-state index contributed by atoms with van der Waals surface area (Å²) in [4.78, 5) is 16.8. The number of ketones is 1. The summed E-state index contributed by atoms with van der Waals surface area (Å²) in [6, 6.07) is 9.06. The number of aliphatic hydroxyl groups excluding tert-OH is 1. The van der Waals surface area contributed by atoms with Crippen LogP contribution in [0.15, 0.2) is 30.3 Å². The monoisotopic (exact) mass is 519 g/mol. The lowest BCUT2D eigenvalue weighted by atomic mass is 9.84. The zero-order chi connectivity index (χ0) is 23.6. The standard InChI is InChI=1S/C25H33N3O4.BrH/c1-6-32-18-7-8-19-17(11-18)14-28(24(19)26)15-22(30)16-12-20(25(2,3)4)23(31)21(13-16)27(5)9-10-29;/h7-8,11-13,26,29,31H,6,9-10,14-15H2,1-5H3;1H. The Labute approximate surface area is 206 Å². The van der Waals surface area contributed by atoms with Crippen molar-refractivity contribution in [3.8, 4) is 11.5 Å². The number of nitrogens with zero attached hydrogens (tertiary/aromatic N) is 2. The first-order chi connectivity index (χ1) is 15.1. The van der Waals surface area contributed by atoms with Gasteiger partial charge in [-0.1, -0.05) is 20.8 Å². The van der Waals surface area contributed by atoms with Crippen LogP contribution in [0, 0.1) is 5.41 Å². The van der Waals surface area contributed by atoms with Gasteiger partial charge >= 0.3 is 0 Å². The molecule has 180 valence electrons. The van der Waals surface area contributed by atoms with Gasteiger partial charge in [0, 0.05) is 36.8 Å². The van der Waals surface area contributed by atoms with Crippen LogP contribution < -0.4 is 9.64 Å². The smallest absolute Gasteiger partial charge is 0.182 e. The lowest BCUT2D eigenvalue weighted by Crippen LogP contribution is -2.30. The predicted octanol–water partition coefficient (Wildman–Crippen LogP) is 4.12. The Bertz CT molecular complexity index is 1030. The molecule has 0 aromatic heterocycles. The second kappa shape index (κ2) is 10.6. The Morgan fingerprint density at radius 1 is 1.24 bits per heavy atom. The van der Waals surface area contributed by atoms with E-state index < -0.39 is 0 Å². The number of Topliss-reactive ketones (excluding diaryl/α,β-unsaturated/α-hetero) is 1. The van der Waals surface area contributed by atoms with Crippen molar-refractivity contribution in [2.45, 2.75) is 39.7 Å². The molecule has 0 radical (unpaired) electrons. The fraction of sp³-hybridized carbons (Fsp3) is 0.440. The number of phenols is 1. The fourth-order valence-electron chi connectivity index (χ4n) is 3.96. The first kappa shape index (κ1) is 26.7. The first-order valence-electron chi connectivity index (χ1n) is 10.9. The number of likely N-dealkylation sites (N-methyl/N-ethyl adjacent to an activating group) is 1. The highest BCUT2D eigenvalue weighted by molar-refractivity contribution is 8.93. The molecular weight excluding hydrogens is 486 g/mol. The van der Waals surface area contributed by atoms with E-state index in [0.717, 1.165) is 16.9 Å². The van der Waals surface area contributed by atoms with Gasteiger partial charge in [-0.05, 0) is 48.2 Å². The van der Waals surface area contributed by atoms with Crippen LogP contribution in [0.25, 0.3) is 0 Å². The van der Waals surface area contributed by atoms with E-state index in [1.165, 1.54) is 0 Å². The van der Waals surface area contributed by atoms with Crippen LogP contribution in [0.1, 0.15) is 54.7 Å². The minimum Gasteiger partial charge on any atom is -0.505 e. The molecule has 0 saturated heterocycles. The van der Waals surface area contributed by atoms with Crippen molar-refractivity contribution in [1.29, 1.82) is 5.41 Å². The third-order valence-electron chi connectivity index (χ3n) is 5.72. The average molecular weight is 520 g/mol. The summed E-state index contributed by atoms with van der Waals surface area (Å²) < 4.78 is 5.56. The van der Waals surface area contributed by atoms with Crippen LogP contribution in [-0.2, 0) is 12.0 Å². The van der Waals surface area contributed by atoms with Crippen molar-refractivity contribution in [2.24, 2.45) is 0 Å². The molecule has 0 atom stereocenters. The molecule has 0 saturated carbocycles. The molecule has 1 aliphatic heterocycles. The molecule has 3 rings (SSSR count). The Balaban J connectivity index is 0.00000385. The van der Waals surface area contributed by atoms with Crippen molar-refractivity contribution in [2.75, 3.05) is 38.3 Å². The molecule has 0 bridgehead atoms. The molecule has 3 N–H and O–H groups in total. The number of fused-ring (bicyclic) bond motifs is 1. The molecule has 2 aromatic rings. The molecule has 1 aliphatic rings. The number of hydrogen-bond donors (Lipinski definition) is 3. The number of benzene rings is 2. The number of aromatic hydroxyl groups is 1. The van der Waals surface area contributed by atoms with Crippen LogP contribution >= 0.6 is 17.0 Å². The Morgan fingerprint density at radius 2 is 1.94 bits per heavy atom. The van der Waals surface area contributed by atoms with E-state index in [1.807, 2.05) is 45.9 Å². The maximum atomic E-state index is 13.3. The van der Waals surface area contributed by atoms with E-state index in [0.29, 0.717) is 42.3 Å². The molecular formula is C25H34BrN3O4. The molecule has 0 fully saturated rings. The maximum Gasteiger partial charge on any atom is 0.182 e. The molecule has 8 heteroatoms. The van der Waals surface area contributed by atoms with Gasteiger partial charge in [-0.15, -0.1) is 17.0 Å². The lowest BCUT2D eigenvalue weighted by molar-refractivity contribution is 0.0962. The third-order valence-corrected chi connectivity index (χ3v) is 5.72. The van der Waals surface area contributed by atoms with E-state index in [-0.39, 0.29) is 47.1 Å². The van der Waals surface area contributed by atoms with Crippen molar-refractivity contribution in [3.63, 3.8) is 0 Å². The summed E-state index contributed by atoms with van der Waals surface area (Å²) in [7, 11) is 1.77. The zero-order valence-corrected chi connectivity index (χ0v) is 21.6. The Morgan fingerprint density at radius 3 is 2.55 bits per heavy atom. The van der Waals surface area contributed by atoms with Gasteiger partial charge in [0.1, 0.15) is 17.3 Å². The third kappa shape index (κ3) is 5.68. The van der Waals surface area contributed by atoms with Gasteiger partial charge in [0.15, 0.2) is 5.78 Å². The minimum atomic E-state index is -0.374. The van der Waals surface area contributed by atoms with Gasteiger partial charge < -0.3 is 24.7 Å². The zero-order valence-electron chi connectivity index (χ0n) is 19.9. The summed E-state index contributed by atoms with van der Waals surface area (Å²) >= 11 is 0. The van der Waals surface area contributed by atoms with Crippen LogP contribution in [0.5, 0.6) is 11.5 Å². The second-order valence-corrected chi connectivity index (χ2v) is 9.17. The number of carbonyl (C=O) groups is 1. The summed E-state index contributed by atoms with van der Waals surface area (Å²) in [6.07, 6.45) is 0. The van der Waals surface area contributed by atoms with E-state index >= 15 is 0 Å². The van der Waals surface area contributed by atoms with Gasteiger partial charge in [0.25, 0.3) is 0 Å². The minimum absolute atomic E-state index is 0. The molecule has 0 spiro atoms. The number of ether oxygens (including phenoxy) is 1. The van der Waals surface area contributed by atoms with E-state index in [1.54, 1.807) is 29.0 Å². The quantitative estimate of drug-likeness (QED) is 0.454. The van der Waals surface area contributed by atoms with Gasteiger partial charge in [-0.3, -0.25) is 10.2 Å². The highest BCUT2D eigenvalue weighted by Gasteiger charge is 2.29. The fourth-order valence-corrected chi connectivity index (χ4v) is 3.96. The van der Waals surface area contributed by atoms with Gasteiger partial charge in [-0.25, -0.2) is 0 Å². The Kier molecular flexibility index (Phi) is 8.54. The molecule has 1 heterocycles. The van der Waals surface area contributed by atoms with Gasteiger partial charge in [0.05, 0.1) is 25.4 Å². The highest BCUT2D eigenvalue weighted by Crippen LogP contribution is 2.39. The van der Waals surface area contributed by atoms with E-state index in [9.17, 15) is 15.0 Å². The average Bonchev–Trinajstić information content (AvgIpc) is 3.02. The number of carbonyl (C=O) groups excluding carboxylic acids is 1. The number of phenolic OH excluding ortho intramolecular Hbond substituents is 1. The van der Waals surface area contributed by atoms with Crippen LogP contribution in [0.2, 0.25) is 0 Å². The molecule has 0 unspecified atom stereocenters. The highest BCUT2D eigenvalue weighted by atomic mass is 79.9. The molecule has 2 aromatic carbocycles. The SMILES string of the molecule is Br.CCOc1ccc2c(c1)CN(CC(=O)c1cc(N(C)CCO)c(O)c(C(C)(C)C)c1)C2=N. The maximum absolute atomic E-state index is 13.3. The summed E-state index contributed by atoms with van der Waals surface area (Å²) in [5.74, 6) is 1.08. The molecule has 7 nitrogen and oxygen atoms in total. The molecule has 33 heavy (non-hydrogen) atoms. The number of anilines is 1. The number of hydrogen-bond acceptors (Lipinski definition) is 6. The van der Waals surface area contributed by atoms with E-state index in [2.05, 4.69) is 0 Å². The number of nitrogens with one attached hydrogen (secondary N) is 1. The van der Waals surface area contributed by atoms with Crippen molar-refractivity contribution in [3.05, 3.63) is 52.6 Å². The van der Waals surface area contributed by atoms with Gasteiger partial charge in [0.2, 0.25) is 0 Å². The molecule has 0 aliphatic carbocycles. The number of aliphatic hydroxyl groups is 1. The number of halogens is 1. The predicted molar refractivity (Wildman–Crippen MR) is 137 cm³/mol. The topological polar surface area (TPSA) is 97.1 Å². The largest absolute Gasteiger partial charge is 0.505 e. The van der Waals surface area contributed by atoms with Crippen molar-refractivity contribution >= 4 is 34.3 Å². The van der Waals surface area contributed by atoms with Crippen LogP contribution in [-0.4, -0.2) is 60.1 Å². The summed E-state index contributed by atoms with van der Waals surface area (Å²) in [6.45, 7) is 9.25. The van der Waals surface area contributed by atoms with E-state index in [4.69, 9.17) is 10.1 Å². The first-order valence-corrected chi connectivity index (χ1v) is 10.9.